The summed E-state index contributed by atoms with van der Waals surface area (Å²) in [6.45, 7) is 1.99. The highest BCUT2D eigenvalue weighted by Gasteiger charge is 2.11. The Morgan fingerprint density at radius 1 is 1.30 bits per heavy atom. The Kier molecular flexibility index (Phi) is 1.03. The number of hydrogen-bond acceptors (Lipinski definition) is 3. The normalized spacial score (nSPS) is 14.7. The molecular formula is C7H7N3. The van der Waals surface area contributed by atoms with E-state index in [1.165, 1.54) is 0 Å². The van der Waals surface area contributed by atoms with E-state index in [2.05, 4.69) is 15.0 Å². The molecular weight excluding hydrogens is 126 g/mol. The van der Waals surface area contributed by atoms with E-state index in [0.29, 0.717) is 0 Å². The lowest BCUT2D eigenvalue weighted by Gasteiger charge is -1.89. The Morgan fingerprint density at radius 2 is 2.10 bits per heavy atom. The largest absolute Gasteiger partial charge is 0.255 e. The number of hydrogen-bond donors (Lipinski definition) is 0. The monoisotopic (exact) mass is 133 g/mol. The molecule has 0 amide bonds. The first-order chi connectivity index (χ1) is 4.86. The molecule has 0 unspecified atom stereocenters. The van der Waals surface area contributed by atoms with Gasteiger partial charge in [0.05, 0.1) is 5.69 Å². The molecule has 0 N–H and O–H groups in total. The van der Waals surface area contributed by atoms with Gasteiger partial charge < -0.3 is 0 Å². The van der Waals surface area contributed by atoms with Crippen LogP contribution >= 0.6 is 0 Å². The van der Waals surface area contributed by atoms with Crippen molar-refractivity contribution in [1.29, 1.82) is 0 Å². The second kappa shape index (κ2) is 1.87. The standard InChI is InChI=1S/C7H7N3/c1-5-4-6-7(10-5)9-3-2-8-6/h2-3H,4H2,1H3. The predicted octanol–water partition coefficient (Wildman–Crippen LogP) is 1.13. The van der Waals surface area contributed by atoms with Crippen molar-refractivity contribution >= 4 is 11.5 Å². The summed E-state index contributed by atoms with van der Waals surface area (Å²) in [7, 11) is 0. The van der Waals surface area contributed by atoms with Crippen LogP contribution in [0.2, 0.25) is 0 Å². The molecule has 1 aliphatic rings. The van der Waals surface area contributed by atoms with E-state index in [9.17, 15) is 0 Å². The highest BCUT2D eigenvalue weighted by Crippen LogP contribution is 2.19. The van der Waals surface area contributed by atoms with Crippen LogP contribution in [-0.2, 0) is 6.42 Å². The quantitative estimate of drug-likeness (QED) is 0.532. The Hall–Kier alpha value is -1.25. The van der Waals surface area contributed by atoms with Crippen molar-refractivity contribution in [3.05, 3.63) is 18.1 Å². The zero-order valence-corrected chi connectivity index (χ0v) is 5.70. The molecule has 3 nitrogen and oxygen atoms in total. The summed E-state index contributed by atoms with van der Waals surface area (Å²) < 4.78 is 0. The summed E-state index contributed by atoms with van der Waals surface area (Å²) in [5.41, 5.74) is 2.10. The molecule has 0 spiro atoms. The molecule has 1 aromatic rings. The van der Waals surface area contributed by atoms with Gasteiger partial charge in [0.15, 0.2) is 5.82 Å². The van der Waals surface area contributed by atoms with Gasteiger partial charge >= 0.3 is 0 Å². The zero-order chi connectivity index (χ0) is 6.97. The average molecular weight is 133 g/mol. The minimum absolute atomic E-state index is 0.792. The van der Waals surface area contributed by atoms with Gasteiger partial charge in [-0.2, -0.15) is 0 Å². The molecule has 2 rings (SSSR count). The summed E-state index contributed by atoms with van der Waals surface area (Å²) in [5.74, 6) is 0.792. The van der Waals surface area contributed by atoms with Crippen LogP contribution < -0.4 is 0 Å². The van der Waals surface area contributed by atoms with E-state index in [0.717, 1.165) is 23.6 Å². The number of aromatic nitrogens is 2. The Labute approximate surface area is 58.9 Å². The molecule has 0 fully saturated rings. The van der Waals surface area contributed by atoms with Crippen molar-refractivity contribution < 1.29 is 0 Å². The van der Waals surface area contributed by atoms with Gasteiger partial charge in [-0.15, -0.1) is 0 Å². The van der Waals surface area contributed by atoms with Crippen molar-refractivity contribution in [3.63, 3.8) is 0 Å². The van der Waals surface area contributed by atoms with Crippen LogP contribution in [0.1, 0.15) is 12.6 Å². The van der Waals surface area contributed by atoms with Crippen LogP contribution in [0.4, 0.5) is 5.82 Å². The SMILES string of the molecule is CC1=Nc2nccnc2C1. The molecule has 50 valence electrons. The second-order valence-electron chi connectivity index (χ2n) is 2.35. The molecule has 0 bridgehead atoms. The van der Waals surface area contributed by atoms with Crippen molar-refractivity contribution in [2.24, 2.45) is 4.99 Å². The van der Waals surface area contributed by atoms with Crippen LogP contribution in [0.25, 0.3) is 0 Å². The fourth-order valence-electron chi connectivity index (χ4n) is 1.04. The Bertz CT molecular complexity index is 291. The predicted molar refractivity (Wildman–Crippen MR) is 38.5 cm³/mol. The van der Waals surface area contributed by atoms with E-state index in [1.54, 1.807) is 12.4 Å². The van der Waals surface area contributed by atoms with Crippen LogP contribution in [-0.4, -0.2) is 15.7 Å². The van der Waals surface area contributed by atoms with Crippen molar-refractivity contribution in [1.82, 2.24) is 9.97 Å². The summed E-state index contributed by atoms with van der Waals surface area (Å²) in [6.07, 6.45) is 4.23. The summed E-state index contributed by atoms with van der Waals surface area (Å²) >= 11 is 0. The van der Waals surface area contributed by atoms with E-state index in [1.807, 2.05) is 6.92 Å². The highest BCUT2D eigenvalue weighted by atomic mass is 15.0. The fourth-order valence-corrected chi connectivity index (χ4v) is 1.04. The van der Waals surface area contributed by atoms with Gasteiger partial charge in [0, 0.05) is 24.5 Å². The number of aliphatic imine (C=N–C) groups is 1. The smallest absolute Gasteiger partial charge is 0.174 e. The van der Waals surface area contributed by atoms with Crippen LogP contribution in [0.15, 0.2) is 17.4 Å². The van der Waals surface area contributed by atoms with Gasteiger partial charge in [0.2, 0.25) is 0 Å². The molecule has 1 aromatic heterocycles. The third-order valence-corrected chi connectivity index (χ3v) is 1.47. The number of nitrogens with zero attached hydrogens (tertiary/aromatic N) is 3. The first-order valence-corrected chi connectivity index (χ1v) is 3.20. The number of rotatable bonds is 0. The van der Waals surface area contributed by atoms with Crippen LogP contribution in [0.3, 0.4) is 0 Å². The van der Waals surface area contributed by atoms with Gasteiger partial charge in [-0.1, -0.05) is 0 Å². The van der Waals surface area contributed by atoms with E-state index >= 15 is 0 Å². The lowest BCUT2D eigenvalue weighted by atomic mass is 10.3. The molecule has 0 aliphatic carbocycles. The van der Waals surface area contributed by atoms with Crippen LogP contribution in [0.5, 0.6) is 0 Å². The van der Waals surface area contributed by atoms with Gasteiger partial charge in [0.1, 0.15) is 0 Å². The molecule has 0 saturated heterocycles. The minimum Gasteiger partial charge on any atom is -0.255 e. The van der Waals surface area contributed by atoms with E-state index in [4.69, 9.17) is 0 Å². The summed E-state index contributed by atoms with van der Waals surface area (Å²) in [6, 6.07) is 0. The molecule has 0 saturated carbocycles. The first kappa shape index (κ1) is 5.53. The van der Waals surface area contributed by atoms with Gasteiger partial charge in [-0.25, -0.2) is 9.98 Å². The summed E-state index contributed by atoms with van der Waals surface area (Å²) in [4.78, 5) is 12.4. The van der Waals surface area contributed by atoms with Crippen molar-refractivity contribution in [2.45, 2.75) is 13.3 Å². The lowest BCUT2D eigenvalue weighted by molar-refractivity contribution is 1.11. The molecule has 1 aliphatic heterocycles. The third kappa shape index (κ3) is 0.708. The minimum atomic E-state index is 0.792. The fraction of sp³-hybridized carbons (Fsp3) is 0.286. The molecule has 0 aromatic carbocycles. The first-order valence-electron chi connectivity index (χ1n) is 3.20. The van der Waals surface area contributed by atoms with E-state index in [-0.39, 0.29) is 0 Å². The highest BCUT2D eigenvalue weighted by molar-refractivity contribution is 5.90. The maximum Gasteiger partial charge on any atom is 0.174 e. The average Bonchev–Trinajstić information content (AvgIpc) is 2.27. The molecule has 3 heteroatoms. The topological polar surface area (TPSA) is 38.1 Å². The molecule has 0 atom stereocenters. The maximum absolute atomic E-state index is 4.20. The second-order valence-corrected chi connectivity index (χ2v) is 2.35. The van der Waals surface area contributed by atoms with Crippen LogP contribution in [0, 0.1) is 0 Å². The van der Waals surface area contributed by atoms with Gasteiger partial charge in [-0.05, 0) is 6.92 Å². The van der Waals surface area contributed by atoms with Gasteiger partial charge in [-0.3, -0.25) is 4.98 Å². The Balaban J connectivity index is 2.54. The molecule has 2 heterocycles. The number of fused-ring (bicyclic) bond motifs is 1. The molecule has 0 radical (unpaired) electrons. The van der Waals surface area contributed by atoms with E-state index < -0.39 is 0 Å². The van der Waals surface area contributed by atoms with Gasteiger partial charge in [0.25, 0.3) is 0 Å². The van der Waals surface area contributed by atoms with Crippen molar-refractivity contribution in [2.75, 3.05) is 0 Å². The third-order valence-electron chi connectivity index (χ3n) is 1.47. The van der Waals surface area contributed by atoms with Crippen molar-refractivity contribution in [3.8, 4) is 0 Å². The lowest BCUT2D eigenvalue weighted by Crippen LogP contribution is -1.91. The summed E-state index contributed by atoms with van der Waals surface area (Å²) in [5, 5.41) is 0. The maximum atomic E-state index is 4.20. The Morgan fingerprint density at radius 3 is 2.90 bits per heavy atom. The molecule has 10 heavy (non-hydrogen) atoms. The zero-order valence-electron chi connectivity index (χ0n) is 5.70.